The Hall–Kier alpha value is -2.58. The molecule has 0 spiro atoms. The van der Waals surface area contributed by atoms with E-state index in [1.165, 1.54) is 12.1 Å². The molecule has 0 saturated carbocycles. The van der Waals surface area contributed by atoms with Crippen molar-refractivity contribution in [3.63, 3.8) is 0 Å². The Morgan fingerprint density at radius 1 is 1.13 bits per heavy atom. The van der Waals surface area contributed by atoms with Crippen molar-refractivity contribution in [1.82, 2.24) is 4.31 Å². The molecule has 0 amide bonds. The van der Waals surface area contributed by atoms with Gasteiger partial charge in [0.1, 0.15) is 5.82 Å². The predicted octanol–water partition coefficient (Wildman–Crippen LogP) is 3.40. The van der Waals surface area contributed by atoms with Gasteiger partial charge in [0.25, 0.3) is 10.0 Å². The van der Waals surface area contributed by atoms with Crippen molar-refractivity contribution in [2.24, 2.45) is 0 Å². The van der Waals surface area contributed by atoms with E-state index in [1.807, 2.05) is 18.2 Å². The second-order valence-corrected chi connectivity index (χ2v) is 6.89. The molecule has 0 aliphatic heterocycles. The standard InChI is InChI=1S/C18H16FNO2S/c1-15(2)14-20(13-12-16-6-4-3-5-7-16)23(21,22)18-10-8-17(19)9-11-18/h3-11H,1,14H2,2H3. The Balaban J connectivity index is 2.40. The highest BCUT2D eigenvalue weighted by molar-refractivity contribution is 7.89. The van der Waals surface area contributed by atoms with Crippen LogP contribution in [0.3, 0.4) is 0 Å². The van der Waals surface area contributed by atoms with E-state index in [-0.39, 0.29) is 11.4 Å². The fraction of sp³-hybridized carbons (Fsp3) is 0.111. The van der Waals surface area contributed by atoms with Crippen LogP contribution in [0.4, 0.5) is 4.39 Å². The van der Waals surface area contributed by atoms with Crippen molar-refractivity contribution in [1.29, 1.82) is 0 Å². The van der Waals surface area contributed by atoms with Crippen LogP contribution in [-0.4, -0.2) is 19.3 Å². The number of rotatable bonds is 4. The molecule has 3 nitrogen and oxygen atoms in total. The third-order valence-corrected chi connectivity index (χ3v) is 4.58. The summed E-state index contributed by atoms with van der Waals surface area (Å²) in [6.07, 6.45) is 0. The first-order valence-corrected chi connectivity index (χ1v) is 8.33. The molecule has 0 N–H and O–H groups in total. The minimum atomic E-state index is -3.85. The summed E-state index contributed by atoms with van der Waals surface area (Å²) in [6, 6.07) is 16.4. The lowest BCUT2D eigenvalue weighted by atomic mass is 10.2. The van der Waals surface area contributed by atoms with Crippen LogP contribution in [-0.2, 0) is 10.0 Å². The average molecular weight is 329 g/mol. The number of nitrogens with zero attached hydrogens (tertiary/aromatic N) is 1. The van der Waals surface area contributed by atoms with E-state index in [1.54, 1.807) is 19.1 Å². The fourth-order valence-electron chi connectivity index (χ4n) is 1.81. The maximum atomic E-state index is 13.0. The van der Waals surface area contributed by atoms with Gasteiger partial charge in [-0.2, -0.15) is 0 Å². The third kappa shape index (κ3) is 4.44. The van der Waals surface area contributed by atoms with Crippen LogP contribution in [0, 0.1) is 17.8 Å². The highest BCUT2D eigenvalue weighted by Gasteiger charge is 2.22. The summed E-state index contributed by atoms with van der Waals surface area (Å²) < 4.78 is 39.3. The topological polar surface area (TPSA) is 37.4 Å². The molecule has 118 valence electrons. The van der Waals surface area contributed by atoms with Gasteiger partial charge < -0.3 is 0 Å². The van der Waals surface area contributed by atoms with Gasteiger partial charge in [0.05, 0.1) is 11.4 Å². The fourth-order valence-corrected chi connectivity index (χ4v) is 3.10. The third-order valence-electron chi connectivity index (χ3n) is 2.91. The molecule has 0 heterocycles. The summed E-state index contributed by atoms with van der Waals surface area (Å²) in [5, 5.41) is 0. The number of hydrogen-bond acceptors (Lipinski definition) is 2. The number of benzene rings is 2. The van der Waals surface area contributed by atoms with Gasteiger partial charge in [-0.15, -0.1) is 0 Å². The molecular weight excluding hydrogens is 313 g/mol. The quantitative estimate of drug-likeness (QED) is 0.490. The molecule has 2 aromatic carbocycles. The van der Waals surface area contributed by atoms with Gasteiger partial charge >= 0.3 is 0 Å². The SMILES string of the molecule is C=C(C)CN(C#Cc1ccccc1)S(=O)(=O)c1ccc(F)cc1. The summed E-state index contributed by atoms with van der Waals surface area (Å²) in [6.45, 7) is 5.53. The van der Waals surface area contributed by atoms with Crippen molar-refractivity contribution in [2.75, 3.05) is 6.54 Å². The Kier molecular flexibility index (Phi) is 5.20. The van der Waals surface area contributed by atoms with Crippen molar-refractivity contribution < 1.29 is 12.8 Å². The molecule has 0 unspecified atom stereocenters. The number of hydrogen-bond donors (Lipinski definition) is 0. The monoisotopic (exact) mass is 329 g/mol. The largest absolute Gasteiger partial charge is 0.271 e. The van der Waals surface area contributed by atoms with E-state index >= 15 is 0 Å². The summed E-state index contributed by atoms with van der Waals surface area (Å²) in [4.78, 5) is -0.0116. The van der Waals surface area contributed by atoms with E-state index in [0.29, 0.717) is 11.1 Å². The highest BCUT2D eigenvalue weighted by atomic mass is 32.2. The van der Waals surface area contributed by atoms with Crippen LogP contribution in [0.2, 0.25) is 0 Å². The van der Waals surface area contributed by atoms with Crippen molar-refractivity contribution in [3.8, 4) is 12.0 Å². The van der Waals surface area contributed by atoms with Crippen molar-refractivity contribution in [3.05, 3.63) is 78.1 Å². The second-order valence-electron chi connectivity index (χ2n) is 5.03. The normalized spacial score (nSPS) is 10.5. The average Bonchev–Trinajstić information content (AvgIpc) is 2.52. The molecule has 0 atom stereocenters. The lowest BCUT2D eigenvalue weighted by molar-refractivity contribution is 0.527. The molecule has 2 aromatic rings. The van der Waals surface area contributed by atoms with Gasteiger partial charge in [0, 0.05) is 11.6 Å². The maximum Gasteiger partial charge on any atom is 0.271 e. The molecule has 0 radical (unpaired) electrons. The Bertz CT molecular complexity index is 847. The van der Waals surface area contributed by atoms with Crippen LogP contribution in [0.15, 0.2) is 71.6 Å². The smallest absolute Gasteiger partial charge is 0.220 e. The van der Waals surface area contributed by atoms with E-state index in [4.69, 9.17) is 0 Å². The molecule has 5 heteroatoms. The molecule has 0 fully saturated rings. The van der Waals surface area contributed by atoms with Crippen LogP contribution in [0.25, 0.3) is 0 Å². The van der Waals surface area contributed by atoms with E-state index in [9.17, 15) is 12.8 Å². The summed E-state index contributed by atoms with van der Waals surface area (Å²) in [7, 11) is -3.85. The highest BCUT2D eigenvalue weighted by Crippen LogP contribution is 2.16. The van der Waals surface area contributed by atoms with Gasteiger partial charge in [-0.1, -0.05) is 30.4 Å². The molecule has 2 rings (SSSR count). The van der Waals surface area contributed by atoms with Gasteiger partial charge in [-0.25, -0.2) is 17.1 Å². The summed E-state index contributed by atoms with van der Waals surface area (Å²) in [5.41, 5.74) is 1.35. The minimum absolute atomic E-state index is 0.0116. The van der Waals surface area contributed by atoms with Gasteiger partial charge in [-0.05, 0) is 49.2 Å². The van der Waals surface area contributed by atoms with E-state index < -0.39 is 15.8 Å². The number of sulfonamides is 1. The molecule has 0 saturated heterocycles. The first-order valence-electron chi connectivity index (χ1n) is 6.89. The summed E-state index contributed by atoms with van der Waals surface area (Å²) in [5.74, 6) is 2.32. The Labute approximate surface area is 136 Å². The predicted molar refractivity (Wildman–Crippen MR) is 88.4 cm³/mol. The zero-order valence-corrected chi connectivity index (χ0v) is 13.5. The van der Waals surface area contributed by atoms with E-state index in [2.05, 4.69) is 18.5 Å². The van der Waals surface area contributed by atoms with Gasteiger partial charge in [-0.3, -0.25) is 0 Å². The van der Waals surface area contributed by atoms with Gasteiger partial charge in [0.15, 0.2) is 0 Å². The molecular formula is C18H16FNO2S. The lowest BCUT2D eigenvalue weighted by Gasteiger charge is -2.18. The lowest BCUT2D eigenvalue weighted by Crippen LogP contribution is -2.28. The first kappa shape index (κ1) is 16.8. The zero-order chi connectivity index (χ0) is 16.9. The van der Waals surface area contributed by atoms with Crippen molar-refractivity contribution >= 4 is 10.0 Å². The molecule has 0 aliphatic rings. The molecule has 0 aromatic heterocycles. The maximum absolute atomic E-state index is 13.0. The Morgan fingerprint density at radius 2 is 1.74 bits per heavy atom. The van der Waals surface area contributed by atoms with Crippen LogP contribution >= 0.6 is 0 Å². The zero-order valence-electron chi connectivity index (χ0n) is 12.7. The molecule has 23 heavy (non-hydrogen) atoms. The van der Waals surface area contributed by atoms with E-state index in [0.717, 1.165) is 16.4 Å². The molecule has 0 bridgehead atoms. The summed E-state index contributed by atoms with van der Waals surface area (Å²) >= 11 is 0. The van der Waals surface area contributed by atoms with Crippen LogP contribution in [0.1, 0.15) is 12.5 Å². The second kappa shape index (κ2) is 7.12. The van der Waals surface area contributed by atoms with Crippen LogP contribution in [0.5, 0.6) is 0 Å². The first-order chi connectivity index (χ1) is 10.9. The minimum Gasteiger partial charge on any atom is -0.220 e. The number of halogens is 1. The molecule has 0 aliphatic carbocycles. The van der Waals surface area contributed by atoms with Crippen LogP contribution < -0.4 is 0 Å². The van der Waals surface area contributed by atoms with Gasteiger partial charge in [0.2, 0.25) is 0 Å². The Morgan fingerprint density at radius 3 is 2.30 bits per heavy atom. The van der Waals surface area contributed by atoms with Crippen molar-refractivity contribution in [2.45, 2.75) is 11.8 Å².